The summed E-state index contributed by atoms with van der Waals surface area (Å²) in [7, 11) is 0. The summed E-state index contributed by atoms with van der Waals surface area (Å²) in [6.07, 6.45) is 1.76. The van der Waals surface area contributed by atoms with Gasteiger partial charge in [-0.25, -0.2) is 4.79 Å². The number of ether oxygens (including phenoxy) is 1. The lowest BCUT2D eigenvalue weighted by Crippen LogP contribution is -2.44. The fourth-order valence-electron chi connectivity index (χ4n) is 2.99. The molecule has 27 heavy (non-hydrogen) atoms. The first-order valence-corrected chi connectivity index (χ1v) is 10.5. The molecule has 142 valence electrons. The van der Waals surface area contributed by atoms with Crippen LogP contribution in [0, 0.1) is 0 Å². The largest absolute Gasteiger partial charge is 0.464 e. The predicted molar refractivity (Wildman–Crippen MR) is 109 cm³/mol. The molecule has 2 aromatic rings. The van der Waals surface area contributed by atoms with E-state index in [9.17, 15) is 9.59 Å². The number of benzene rings is 2. The molecule has 4 nitrogen and oxygen atoms in total. The van der Waals surface area contributed by atoms with E-state index in [2.05, 4.69) is 0 Å². The summed E-state index contributed by atoms with van der Waals surface area (Å²) in [4.78, 5) is 27.5. The Morgan fingerprint density at radius 2 is 1.85 bits per heavy atom. The summed E-state index contributed by atoms with van der Waals surface area (Å²) in [5.41, 5.74) is 1.38. The Kier molecular flexibility index (Phi) is 6.80. The summed E-state index contributed by atoms with van der Waals surface area (Å²) in [6, 6.07) is 15.8. The summed E-state index contributed by atoms with van der Waals surface area (Å²) >= 11 is 7.92. The van der Waals surface area contributed by atoms with Crippen molar-refractivity contribution in [3.63, 3.8) is 0 Å². The zero-order valence-electron chi connectivity index (χ0n) is 15.1. The molecular formula is C21H22ClNO3S. The number of hydrogen-bond acceptors (Lipinski definition) is 4. The minimum atomic E-state index is -0.624. The van der Waals surface area contributed by atoms with E-state index in [0.717, 1.165) is 18.4 Å². The molecule has 0 N–H and O–H groups in total. The lowest BCUT2D eigenvalue weighted by molar-refractivity contribution is -0.148. The number of carbonyl (C=O) groups excluding carboxylic acids is 2. The summed E-state index contributed by atoms with van der Waals surface area (Å²) in [5, 5.41) is 0.260. The van der Waals surface area contributed by atoms with Gasteiger partial charge in [-0.2, -0.15) is 0 Å². The molecule has 0 spiro atoms. The van der Waals surface area contributed by atoms with Crippen LogP contribution < -0.4 is 0 Å². The zero-order valence-corrected chi connectivity index (χ0v) is 16.7. The van der Waals surface area contributed by atoms with Gasteiger partial charge in [0.1, 0.15) is 11.4 Å². The number of hydrogen-bond donors (Lipinski definition) is 0. The van der Waals surface area contributed by atoms with Crippen molar-refractivity contribution < 1.29 is 14.3 Å². The molecule has 1 heterocycles. The number of rotatable bonds is 6. The zero-order chi connectivity index (χ0) is 19.2. The first-order valence-electron chi connectivity index (χ1n) is 9.04. The smallest absolute Gasteiger partial charge is 0.329 e. The number of halogens is 1. The fraction of sp³-hybridized carbons (Fsp3) is 0.333. The van der Waals surface area contributed by atoms with E-state index in [4.69, 9.17) is 16.3 Å². The van der Waals surface area contributed by atoms with Crippen LogP contribution >= 0.6 is 23.4 Å². The molecule has 0 radical (unpaired) electrons. The lowest BCUT2D eigenvalue weighted by Gasteiger charge is -2.29. The number of thioether (sulfide) groups is 1. The molecule has 6 heteroatoms. The van der Waals surface area contributed by atoms with Gasteiger partial charge >= 0.3 is 5.97 Å². The van der Waals surface area contributed by atoms with Crippen LogP contribution in [0.3, 0.4) is 0 Å². The van der Waals surface area contributed by atoms with Gasteiger partial charge in [0, 0.05) is 21.9 Å². The number of nitrogens with zero attached hydrogens (tertiary/aromatic N) is 1. The van der Waals surface area contributed by atoms with Crippen LogP contribution in [0.4, 0.5) is 0 Å². The number of amides is 1. The molecule has 2 unspecified atom stereocenters. The predicted octanol–water partition coefficient (Wildman–Crippen LogP) is 4.94. The van der Waals surface area contributed by atoms with E-state index < -0.39 is 6.04 Å². The van der Waals surface area contributed by atoms with Gasteiger partial charge in [-0.05, 0) is 24.6 Å². The van der Waals surface area contributed by atoms with Gasteiger partial charge in [0.25, 0.3) is 5.91 Å². The minimum Gasteiger partial charge on any atom is -0.464 e. The molecule has 0 aliphatic carbocycles. The maximum atomic E-state index is 13.2. The second-order valence-corrected chi connectivity index (χ2v) is 7.84. The third-order valence-electron chi connectivity index (χ3n) is 4.44. The first kappa shape index (κ1) is 19.8. The maximum Gasteiger partial charge on any atom is 0.329 e. The highest BCUT2D eigenvalue weighted by atomic mass is 35.5. The van der Waals surface area contributed by atoms with Crippen molar-refractivity contribution in [3.05, 3.63) is 70.7 Å². The van der Waals surface area contributed by atoms with Gasteiger partial charge < -0.3 is 9.64 Å². The molecule has 3 rings (SSSR count). The standard InChI is InChI=1S/C21H22ClNO3S/c1-2-3-13-26-21(25)18-14-27-20(16-11-7-8-12-17(16)22)23(18)19(24)15-9-5-4-6-10-15/h4-12,18,20H,2-3,13-14H2,1H3. The van der Waals surface area contributed by atoms with Crippen molar-refractivity contribution in [1.29, 1.82) is 0 Å². The molecule has 1 amide bonds. The van der Waals surface area contributed by atoms with Gasteiger partial charge in [-0.1, -0.05) is 61.3 Å². The molecule has 2 aromatic carbocycles. The average Bonchev–Trinajstić information content (AvgIpc) is 3.13. The van der Waals surface area contributed by atoms with Crippen molar-refractivity contribution in [2.24, 2.45) is 0 Å². The summed E-state index contributed by atoms with van der Waals surface area (Å²) in [6.45, 7) is 2.42. The van der Waals surface area contributed by atoms with Crippen LogP contribution in [0.1, 0.15) is 41.1 Å². The van der Waals surface area contributed by atoms with Crippen LogP contribution in [-0.2, 0) is 9.53 Å². The molecule has 0 aromatic heterocycles. The molecule has 1 saturated heterocycles. The second-order valence-electron chi connectivity index (χ2n) is 6.32. The number of esters is 1. The van der Waals surface area contributed by atoms with Gasteiger partial charge in [-0.3, -0.25) is 4.79 Å². The molecule has 0 saturated carbocycles. The third-order valence-corrected chi connectivity index (χ3v) is 6.09. The van der Waals surface area contributed by atoms with E-state index in [-0.39, 0.29) is 17.3 Å². The van der Waals surface area contributed by atoms with Crippen LogP contribution in [-0.4, -0.2) is 35.2 Å². The third kappa shape index (κ3) is 4.47. The maximum absolute atomic E-state index is 13.2. The van der Waals surface area contributed by atoms with Gasteiger partial charge in [-0.15, -0.1) is 11.8 Å². The average molecular weight is 404 g/mol. The van der Waals surface area contributed by atoms with Crippen molar-refractivity contribution in [3.8, 4) is 0 Å². The van der Waals surface area contributed by atoms with Crippen molar-refractivity contribution in [2.45, 2.75) is 31.2 Å². The Morgan fingerprint density at radius 1 is 1.15 bits per heavy atom. The molecular weight excluding hydrogens is 382 g/mol. The Labute approximate surface area is 168 Å². The van der Waals surface area contributed by atoms with Crippen LogP contribution in [0.5, 0.6) is 0 Å². The van der Waals surface area contributed by atoms with Crippen LogP contribution in [0.25, 0.3) is 0 Å². The van der Waals surface area contributed by atoms with Crippen LogP contribution in [0.15, 0.2) is 54.6 Å². The van der Waals surface area contributed by atoms with Gasteiger partial charge in [0.15, 0.2) is 0 Å². The lowest BCUT2D eigenvalue weighted by atomic mass is 10.1. The van der Waals surface area contributed by atoms with E-state index in [0.29, 0.717) is 22.9 Å². The molecule has 2 atom stereocenters. The first-order chi connectivity index (χ1) is 13.1. The van der Waals surface area contributed by atoms with E-state index >= 15 is 0 Å². The topological polar surface area (TPSA) is 46.6 Å². The van der Waals surface area contributed by atoms with E-state index in [1.54, 1.807) is 23.1 Å². The van der Waals surface area contributed by atoms with E-state index in [1.807, 2.05) is 43.3 Å². The fourth-order valence-corrected chi connectivity index (χ4v) is 4.75. The monoisotopic (exact) mass is 403 g/mol. The number of carbonyl (C=O) groups is 2. The SMILES string of the molecule is CCCCOC(=O)C1CSC(c2ccccc2Cl)N1C(=O)c1ccccc1. The van der Waals surface area contributed by atoms with Gasteiger partial charge in [0.05, 0.1) is 6.61 Å². The number of unbranched alkanes of at least 4 members (excludes halogenated alkanes) is 1. The molecule has 1 aliphatic rings. The highest BCUT2D eigenvalue weighted by Gasteiger charge is 2.44. The van der Waals surface area contributed by atoms with E-state index in [1.165, 1.54) is 11.8 Å². The second kappa shape index (κ2) is 9.29. The molecule has 1 fully saturated rings. The van der Waals surface area contributed by atoms with Crippen molar-refractivity contribution >= 4 is 35.2 Å². The Bertz CT molecular complexity index is 799. The summed E-state index contributed by atoms with van der Waals surface area (Å²) in [5.74, 6) is -0.0582. The Hall–Kier alpha value is -1.98. The minimum absolute atomic E-state index is 0.192. The Balaban J connectivity index is 1.91. The molecule has 0 bridgehead atoms. The Morgan fingerprint density at radius 3 is 2.56 bits per heavy atom. The quantitative estimate of drug-likeness (QED) is 0.506. The van der Waals surface area contributed by atoms with Crippen LogP contribution in [0.2, 0.25) is 5.02 Å². The highest BCUT2D eigenvalue weighted by Crippen LogP contribution is 2.44. The van der Waals surface area contributed by atoms with Crippen molar-refractivity contribution in [2.75, 3.05) is 12.4 Å². The molecule has 1 aliphatic heterocycles. The van der Waals surface area contributed by atoms with Gasteiger partial charge in [0.2, 0.25) is 0 Å². The summed E-state index contributed by atoms with van der Waals surface area (Å²) < 4.78 is 5.42. The van der Waals surface area contributed by atoms with Crippen molar-refractivity contribution in [1.82, 2.24) is 4.90 Å². The normalized spacial score (nSPS) is 19.1. The highest BCUT2D eigenvalue weighted by molar-refractivity contribution is 7.99.